The molecule has 1 aromatic carbocycles. The molecule has 0 saturated heterocycles. The fraction of sp³-hybridized carbons (Fsp3) is 0.143. The maximum absolute atomic E-state index is 13.5. The third kappa shape index (κ3) is 2.16. The van der Waals surface area contributed by atoms with E-state index < -0.39 is 0 Å². The maximum Gasteiger partial charge on any atom is 0.276 e. The van der Waals surface area contributed by atoms with Gasteiger partial charge in [-0.2, -0.15) is 5.10 Å². The maximum atomic E-state index is 13.5. The third-order valence-corrected chi connectivity index (χ3v) is 3.99. The molecule has 0 radical (unpaired) electrons. The van der Waals surface area contributed by atoms with Crippen LogP contribution >= 0.6 is 15.9 Å². The van der Waals surface area contributed by atoms with Crippen LogP contribution < -0.4 is 5.56 Å². The fourth-order valence-corrected chi connectivity index (χ4v) is 2.52. The SMILES string of the molecule is Cc1cc2c(=O)n(Cc3cccc(F)c3Br)ccn2n1. The Bertz CT molecular complexity index is 853. The van der Waals surface area contributed by atoms with Crippen molar-refractivity contribution in [2.45, 2.75) is 13.5 Å². The van der Waals surface area contributed by atoms with Crippen LogP contribution in [0.25, 0.3) is 5.52 Å². The molecule has 0 bridgehead atoms. The molecule has 3 rings (SSSR count). The highest BCUT2D eigenvalue weighted by atomic mass is 79.9. The monoisotopic (exact) mass is 335 g/mol. The quantitative estimate of drug-likeness (QED) is 0.722. The average Bonchev–Trinajstić information content (AvgIpc) is 2.80. The van der Waals surface area contributed by atoms with Crippen LogP contribution in [0, 0.1) is 12.7 Å². The molecule has 0 aliphatic carbocycles. The first-order valence-corrected chi connectivity index (χ1v) is 6.84. The van der Waals surface area contributed by atoms with Crippen molar-refractivity contribution in [1.29, 1.82) is 0 Å². The Kier molecular flexibility index (Phi) is 3.17. The van der Waals surface area contributed by atoms with E-state index in [1.54, 1.807) is 35.1 Å². The van der Waals surface area contributed by atoms with Crippen LogP contribution in [0.3, 0.4) is 0 Å². The second kappa shape index (κ2) is 4.86. The van der Waals surface area contributed by atoms with Gasteiger partial charge in [0.25, 0.3) is 5.56 Å². The van der Waals surface area contributed by atoms with Gasteiger partial charge in [-0.1, -0.05) is 12.1 Å². The normalized spacial score (nSPS) is 11.2. The van der Waals surface area contributed by atoms with Gasteiger partial charge in [0.05, 0.1) is 16.7 Å². The van der Waals surface area contributed by atoms with Crippen molar-refractivity contribution in [3.05, 3.63) is 68.6 Å². The Balaban J connectivity index is 2.09. The third-order valence-electron chi connectivity index (χ3n) is 3.10. The van der Waals surface area contributed by atoms with Gasteiger partial charge in [-0.3, -0.25) is 4.79 Å². The van der Waals surface area contributed by atoms with E-state index >= 15 is 0 Å². The minimum Gasteiger partial charge on any atom is -0.308 e. The lowest BCUT2D eigenvalue weighted by Gasteiger charge is -2.08. The van der Waals surface area contributed by atoms with Gasteiger partial charge in [0.2, 0.25) is 0 Å². The first kappa shape index (κ1) is 13.1. The van der Waals surface area contributed by atoms with Crippen LogP contribution in [-0.2, 0) is 6.54 Å². The number of hydrogen-bond donors (Lipinski definition) is 0. The molecule has 3 aromatic rings. The van der Waals surface area contributed by atoms with Gasteiger partial charge in [0.1, 0.15) is 11.3 Å². The van der Waals surface area contributed by atoms with Gasteiger partial charge in [0, 0.05) is 12.4 Å². The highest BCUT2D eigenvalue weighted by Crippen LogP contribution is 2.20. The van der Waals surface area contributed by atoms with E-state index in [4.69, 9.17) is 0 Å². The van der Waals surface area contributed by atoms with E-state index in [9.17, 15) is 9.18 Å². The van der Waals surface area contributed by atoms with Gasteiger partial charge in [-0.15, -0.1) is 0 Å². The zero-order chi connectivity index (χ0) is 14.3. The lowest BCUT2D eigenvalue weighted by molar-refractivity contribution is 0.615. The first-order valence-electron chi connectivity index (χ1n) is 6.04. The van der Waals surface area contributed by atoms with E-state index in [0.29, 0.717) is 22.1 Å². The lowest BCUT2D eigenvalue weighted by atomic mass is 10.2. The topological polar surface area (TPSA) is 39.3 Å². The number of fused-ring (bicyclic) bond motifs is 1. The zero-order valence-corrected chi connectivity index (χ0v) is 12.3. The van der Waals surface area contributed by atoms with Crippen LogP contribution in [0.2, 0.25) is 0 Å². The predicted molar refractivity (Wildman–Crippen MR) is 77.4 cm³/mol. The Morgan fingerprint density at radius 2 is 2.15 bits per heavy atom. The zero-order valence-electron chi connectivity index (χ0n) is 10.7. The number of benzene rings is 1. The predicted octanol–water partition coefficient (Wildman–Crippen LogP) is 2.75. The molecule has 0 spiro atoms. The van der Waals surface area contributed by atoms with Crippen molar-refractivity contribution < 1.29 is 4.39 Å². The molecule has 2 heterocycles. The minimum atomic E-state index is -0.336. The molecule has 0 atom stereocenters. The summed E-state index contributed by atoms with van der Waals surface area (Å²) >= 11 is 3.21. The first-order chi connectivity index (χ1) is 9.56. The van der Waals surface area contributed by atoms with E-state index in [0.717, 1.165) is 5.69 Å². The summed E-state index contributed by atoms with van der Waals surface area (Å²) in [5, 5.41) is 4.19. The summed E-state index contributed by atoms with van der Waals surface area (Å²) < 4.78 is 17.0. The highest BCUT2D eigenvalue weighted by molar-refractivity contribution is 9.10. The molecule has 2 aromatic heterocycles. The van der Waals surface area contributed by atoms with Crippen LogP contribution in [0.1, 0.15) is 11.3 Å². The van der Waals surface area contributed by atoms with Crippen LogP contribution in [0.15, 0.2) is 45.9 Å². The van der Waals surface area contributed by atoms with Crippen molar-refractivity contribution in [3.8, 4) is 0 Å². The van der Waals surface area contributed by atoms with Crippen molar-refractivity contribution >= 4 is 21.4 Å². The summed E-state index contributed by atoms with van der Waals surface area (Å²) in [5.41, 5.74) is 1.86. The lowest BCUT2D eigenvalue weighted by Crippen LogP contribution is -2.22. The summed E-state index contributed by atoms with van der Waals surface area (Å²) in [6.45, 7) is 2.14. The molecule has 0 saturated carbocycles. The van der Waals surface area contributed by atoms with Gasteiger partial charge in [0.15, 0.2) is 0 Å². The van der Waals surface area contributed by atoms with Crippen LogP contribution in [0.5, 0.6) is 0 Å². The van der Waals surface area contributed by atoms with E-state index in [1.807, 2.05) is 6.92 Å². The van der Waals surface area contributed by atoms with Crippen molar-refractivity contribution in [2.75, 3.05) is 0 Å². The number of halogens is 2. The molecular formula is C14H11BrFN3O. The molecule has 102 valence electrons. The molecule has 0 fully saturated rings. The van der Waals surface area contributed by atoms with Gasteiger partial charge in [-0.25, -0.2) is 8.91 Å². The smallest absolute Gasteiger partial charge is 0.276 e. The number of hydrogen-bond acceptors (Lipinski definition) is 2. The summed E-state index contributed by atoms with van der Waals surface area (Å²) in [4.78, 5) is 12.3. The summed E-state index contributed by atoms with van der Waals surface area (Å²) in [6, 6.07) is 6.52. The van der Waals surface area contributed by atoms with Gasteiger partial charge >= 0.3 is 0 Å². The molecule has 0 aliphatic rings. The van der Waals surface area contributed by atoms with Crippen molar-refractivity contribution in [1.82, 2.24) is 14.2 Å². The number of aromatic nitrogens is 3. The molecular weight excluding hydrogens is 325 g/mol. The second-order valence-electron chi connectivity index (χ2n) is 4.56. The number of aryl methyl sites for hydroxylation is 1. The summed E-state index contributed by atoms with van der Waals surface area (Å²) in [7, 11) is 0. The van der Waals surface area contributed by atoms with Crippen molar-refractivity contribution in [3.63, 3.8) is 0 Å². The molecule has 0 N–H and O–H groups in total. The fourth-order valence-electron chi connectivity index (χ4n) is 2.13. The molecule has 20 heavy (non-hydrogen) atoms. The molecule has 0 amide bonds. The highest BCUT2D eigenvalue weighted by Gasteiger charge is 2.09. The number of nitrogens with zero attached hydrogens (tertiary/aromatic N) is 3. The number of rotatable bonds is 2. The second-order valence-corrected chi connectivity index (χ2v) is 5.35. The minimum absolute atomic E-state index is 0.149. The largest absolute Gasteiger partial charge is 0.308 e. The van der Waals surface area contributed by atoms with E-state index in [-0.39, 0.29) is 11.4 Å². The van der Waals surface area contributed by atoms with E-state index in [1.165, 1.54) is 10.6 Å². The Labute approximate surface area is 122 Å². The Morgan fingerprint density at radius 1 is 1.35 bits per heavy atom. The van der Waals surface area contributed by atoms with Crippen LogP contribution in [0.4, 0.5) is 4.39 Å². The Hall–Kier alpha value is -1.95. The summed E-state index contributed by atoms with van der Waals surface area (Å²) in [5.74, 6) is -0.336. The average molecular weight is 336 g/mol. The van der Waals surface area contributed by atoms with Gasteiger partial charge in [-0.05, 0) is 40.5 Å². The van der Waals surface area contributed by atoms with Gasteiger partial charge < -0.3 is 4.57 Å². The van der Waals surface area contributed by atoms with Crippen LogP contribution in [-0.4, -0.2) is 14.2 Å². The Morgan fingerprint density at radius 3 is 2.95 bits per heavy atom. The summed E-state index contributed by atoms with van der Waals surface area (Å²) in [6.07, 6.45) is 3.37. The molecule has 0 aliphatic heterocycles. The molecule has 6 heteroatoms. The standard InChI is InChI=1S/C14H11BrFN3O/c1-9-7-12-14(20)18(5-6-19(12)17-9)8-10-3-2-4-11(16)13(10)15/h2-7H,8H2,1H3. The molecule has 0 unspecified atom stereocenters. The van der Waals surface area contributed by atoms with Crippen molar-refractivity contribution in [2.24, 2.45) is 0 Å². The molecule has 4 nitrogen and oxygen atoms in total. The van der Waals surface area contributed by atoms with E-state index in [2.05, 4.69) is 21.0 Å².